The molecule has 1 unspecified atom stereocenters. The van der Waals surface area contributed by atoms with Gasteiger partial charge in [0.25, 0.3) is 0 Å². The summed E-state index contributed by atoms with van der Waals surface area (Å²) < 4.78 is 18.9. The first-order valence-corrected chi connectivity index (χ1v) is 9.97. The fourth-order valence-corrected chi connectivity index (χ4v) is 5.07. The number of hydrogen-bond acceptors (Lipinski definition) is 5. The van der Waals surface area contributed by atoms with Crippen molar-refractivity contribution < 1.29 is 24.4 Å². The van der Waals surface area contributed by atoms with Crippen molar-refractivity contribution in [3.8, 4) is 28.7 Å². The van der Waals surface area contributed by atoms with E-state index in [4.69, 9.17) is 14.2 Å². The third-order valence-electron chi connectivity index (χ3n) is 7.03. The first-order valence-electron chi connectivity index (χ1n) is 9.97. The van der Waals surface area contributed by atoms with Gasteiger partial charge in [-0.15, -0.1) is 0 Å². The molecule has 28 heavy (non-hydrogen) atoms. The molecule has 5 heteroatoms. The van der Waals surface area contributed by atoms with Crippen LogP contribution in [0.3, 0.4) is 0 Å². The molecule has 0 aliphatic carbocycles. The van der Waals surface area contributed by atoms with Gasteiger partial charge in [0.2, 0.25) is 0 Å². The lowest BCUT2D eigenvalue weighted by molar-refractivity contribution is -0.0139. The minimum Gasteiger partial charge on any atom is -0.508 e. The highest BCUT2D eigenvalue weighted by Crippen LogP contribution is 2.62. The zero-order chi connectivity index (χ0) is 20.1. The van der Waals surface area contributed by atoms with Crippen LogP contribution in [0.1, 0.15) is 79.0 Å². The number of rotatable bonds is 0. The van der Waals surface area contributed by atoms with Crippen LogP contribution in [0.15, 0.2) is 6.07 Å². The number of phenols is 2. The molecule has 0 amide bonds. The van der Waals surface area contributed by atoms with Crippen LogP contribution in [0.2, 0.25) is 0 Å². The fraction of sp³-hybridized carbons (Fsp3) is 0.478. The number of phenolic OH excluding ortho intramolecular Hbond substituents is 2. The van der Waals surface area contributed by atoms with Gasteiger partial charge in [-0.25, -0.2) is 0 Å². The van der Waals surface area contributed by atoms with E-state index in [1.54, 1.807) is 6.07 Å². The van der Waals surface area contributed by atoms with E-state index in [0.29, 0.717) is 22.8 Å². The topological polar surface area (TPSA) is 68.2 Å². The van der Waals surface area contributed by atoms with Crippen molar-refractivity contribution in [1.82, 2.24) is 0 Å². The Morgan fingerprint density at radius 1 is 0.786 bits per heavy atom. The molecule has 0 spiro atoms. The van der Waals surface area contributed by atoms with Gasteiger partial charge in [-0.05, 0) is 44.4 Å². The summed E-state index contributed by atoms with van der Waals surface area (Å²) in [5.41, 5.74) is 5.24. The monoisotopic (exact) mass is 382 g/mol. The fourth-order valence-electron chi connectivity index (χ4n) is 5.07. The average Bonchev–Trinajstić information content (AvgIpc) is 2.95. The minimum atomic E-state index is -0.446. The van der Waals surface area contributed by atoms with Crippen molar-refractivity contribution in [3.05, 3.63) is 39.4 Å². The van der Waals surface area contributed by atoms with Crippen molar-refractivity contribution in [1.29, 1.82) is 0 Å². The van der Waals surface area contributed by atoms with Gasteiger partial charge in [-0.1, -0.05) is 13.8 Å². The molecule has 0 fully saturated rings. The molecule has 2 aromatic rings. The normalized spacial score (nSPS) is 29.4. The molecule has 2 aromatic carbocycles. The molecule has 5 atom stereocenters. The Kier molecular flexibility index (Phi) is 3.52. The number of fused-ring (bicyclic) bond motifs is 4. The molecule has 0 aromatic heterocycles. The lowest BCUT2D eigenvalue weighted by atomic mass is 9.79. The van der Waals surface area contributed by atoms with Crippen LogP contribution in [0.4, 0.5) is 0 Å². The molecule has 0 radical (unpaired) electrons. The van der Waals surface area contributed by atoms with Crippen molar-refractivity contribution in [3.63, 3.8) is 0 Å². The zero-order valence-electron chi connectivity index (χ0n) is 17.1. The summed E-state index contributed by atoms with van der Waals surface area (Å²) in [7, 11) is 0. The molecule has 5 rings (SSSR count). The zero-order valence-corrected chi connectivity index (χ0v) is 17.1. The first kappa shape index (κ1) is 17.7. The highest BCUT2D eigenvalue weighted by Gasteiger charge is 2.46. The van der Waals surface area contributed by atoms with E-state index in [9.17, 15) is 10.2 Å². The van der Waals surface area contributed by atoms with Crippen molar-refractivity contribution in [2.45, 2.75) is 71.7 Å². The Hall–Kier alpha value is -2.40. The maximum atomic E-state index is 11.2. The van der Waals surface area contributed by atoms with Crippen LogP contribution in [0.25, 0.3) is 0 Å². The second-order valence-electron chi connectivity index (χ2n) is 8.53. The summed E-state index contributed by atoms with van der Waals surface area (Å²) in [6.45, 7) is 12.1. The standard InChI is InChI=1S/C23H26O5/c1-8-12(5)26-21-18-15(7-14(24)10(3)16(8)18)28-23-19(21)20(25)11(4)17-9(2)13(6)27-22(17)23/h7-9,12-13,21,24-25H,1-6H3/t8-,9-,12-,13-,21?/m1/s1. The van der Waals surface area contributed by atoms with Crippen LogP contribution in [-0.2, 0) is 4.74 Å². The molecule has 2 N–H and O–H groups in total. The lowest BCUT2D eigenvalue weighted by Crippen LogP contribution is -2.31. The molecule has 3 aliphatic heterocycles. The van der Waals surface area contributed by atoms with Gasteiger partial charge in [0.15, 0.2) is 11.5 Å². The molecular formula is C23H26O5. The smallest absolute Gasteiger partial charge is 0.179 e. The molecule has 148 valence electrons. The minimum absolute atomic E-state index is 0.00204. The van der Waals surface area contributed by atoms with Crippen molar-refractivity contribution in [2.24, 2.45) is 0 Å². The second kappa shape index (κ2) is 5.57. The van der Waals surface area contributed by atoms with E-state index in [2.05, 4.69) is 13.8 Å². The molecule has 5 nitrogen and oxygen atoms in total. The Morgan fingerprint density at radius 3 is 2.18 bits per heavy atom. The highest BCUT2D eigenvalue weighted by molar-refractivity contribution is 5.72. The Bertz CT molecular complexity index is 1020. The Balaban J connectivity index is 1.84. The third-order valence-corrected chi connectivity index (χ3v) is 7.03. The maximum Gasteiger partial charge on any atom is 0.179 e. The number of hydrogen-bond donors (Lipinski definition) is 2. The van der Waals surface area contributed by atoms with Crippen LogP contribution < -0.4 is 9.47 Å². The molecular weight excluding hydrogens is 356 g/mol. The summed E-state index contributed by atoms with van der Waals surface area (Å²) in [4.78, 5) is 0. The van der Waals surface area contributed by atoms with Crippen LogP contribution in [0.5, 0.6) is 28.7 Å². The van der Waals surface area contributed by atoms with Gasteiger partial charge in [-0.3, -0.25) is 0 Å². The van der Waals surface area contributed by atoms with Gasteiger partial charge >= 0.3 is 0 Å². The number of benzene rings is 2. The van der Waals surface area contributed by atoms with E-state index in [1.807, 2.05) is 27.7 Å². The van der Waals surface area contributed by atoms with E-state index >= 15 is 0 Å². The highest BCUT2D eigenvalue weighted by atomic mass is 16.5. The largest absolute Gasteiger partial charge is 0.508 e. The Labute approximate surface area is 164 Å². The summed E-state index contributed by atoms with van der Waals surface area (Å²) in [5.74, 6) is 2.48. The van der Waals surface area contributed by atoms with E-state index in [1.165, 1.54) is 0 Å². The van der Waals surface area contributed by atoms with Crippen LogP contribution >= 0.6 is 0 Å². The predicted molar refractivity (Wildman–Crippen MR) is 105 cm³/mol. The van der Waals surface area contributed by atoms with E-state index < -0.39 is 6.10 Å². The molecule has 3 heterocycles. The van der Waals surface area contributed by atoms with Gasteiger partial charge < -0.3 is 24.4 Å². The number of ether oxygens (including phenoxy) is 3. The van der Waals surface area contributed by atoms with Crippen LogP contribution in [-0.4, -0.2) is 22.4 Å². The summed E-state index contributed by atoms with van der Waals surface area (Å²) in [6, 6.07) is 1.65. The molecule has 0 saturated carbocycles. The van der Waals surface area contributed by atoms with Gasteiger partial charge in [0, 0.05) is 29.0 Å². The number of aromatic hydroxyl groups is 2. The molecule has 0 bridgehead atoms. The Morgan fingerprint density at radius 2 is 1.46 bits per heavy atom. The first-order chi connectivity index (χ1) is 13.2. The lowest BCUT2D eigenvalue weighted by Gasteiger charge is -2.41. The van der Waals surface area contributed by atoms with E-state index in [-0.39, 0.29) is 35.5 Å². The SMILES string of the molecule is Cc1c(O)c2c(c3c1[C@H](C)[C@@H](C)O3)Oc1cc(O)c(C)c3c1C2O[C@H](C)[C@H]3C. The molecule has 0 saturated heterocycles. The van der Waals surface area contributed by atoms with Gasteiger partial charge in [0.05, 0.1) is 11.7 Å². The molecule has 3 aliphatic rings. The average molecular weight is 382 g/mol. The van der Waals surface area contributed by atoms with E-state index in [0.717, 1.165) is 27.8 Å². The third kappa shape index (κ3) is 2.00. The summed E-state index contributed by atoms with van der Waals surface area (Å²) >= 11 is 0. The van der Waals surface area contributed by atoms with Gasteiger partial charge in [0.1, 0.15) is 29.5 Å². The van der Waals surface area contributed by atoms with Crippen LogP contribution in [0, 0.1) is 13.8 Å². The quantitative estimate of drug-likeness (QED) is 0.646. The summed E-state index contributed by atoms with van der Waals surface area (Å²) in [6.07, 6.45) is -0.514. The second-order valence-corrected chi connectivity index (χ2v) is 8.53. The van der Waals surface area contributed by atoms with Crippen molar-refractivity contribution >= 4 is 0 Å². The maximum absolute atomic E-state index is 11.2. The summed E-state index contributed by atoms with van der Waals surface area (Å²) in [5, 5.41) is 21.7. The predicted octanol–water partition coefficient (Wildman–Crippen LogP) is 5.32. The van der Waals surface area contributed by atoms with Crippen molar-refractivity contribution in [2.75, 3.05) is 0 Å². The van der Waals surface area contributed by atoms with Gasteiger partial charge in [-0.2, -0.15) is 0 Å².